The molecular formula is C28H28N2O4. The van der Waals surface area contributed by atoms with Gasteiger partial charge in [0.15, 0.2) is 6.61 Å². The molecule has 2 aromatic carbocycles. The second kappa shape index (κ2) is 11.2. The first-order chi connectivity index (χ1) is 16.6. The Kier molecular flexibility index (Phi) is 7.60. The lowest BCUT2D eigenvalue weighted by Gasteiger charge is -2.22. The van der Waals surface area contributed by atoms with Gasteiger partial charge in [0, 0.05) is 24.4 Å². The first-order valence-corrected chi connectivity index (χ1v) is 11.4. The van der Waals surface area contributed by atoms with Gasteiger partial charge in [-0.3, -0.25) is 4.79 Å². The number of carboxylic acids is 1. The highest BCUT2D eigenvalue weighted by Crippen LogP contribution is 2.36. The summed E-state index contributed by atoms with van der Waals surface area (Å²) in [5, 5.41) is 15.2. The van der Waals surface area contributed by atoms with Crippen LogP contribution in [-0.2, 0) is 16.0 Å². The van der Waals surface area contributed by atoms with Gasteiger partial charge in [-0.05, 0) is 53.7 Å². The standard InChI is InChI=1S/C28H28N2O4/c31-26(30-28(21-8-2-1-3-9-21)22-10-4-5-17-29-18-22)16-15-20-11-6-13-24-23(20)12-7-14-25(24)34-19-27(32)33/h1-5,7-10,12,14-15,17-18,28-29H,6,11,13,16,19H2,(H,30,31)(H,32,33)/b20-15+. The molecule has 0 bridgehead atoms. The molecule has 0 aromatic heterocycles. The van der Waals surface area contributed by atoms with Crippen molar-refractivity contribution >= 4 is 17.4 Å². The van der Waals surface area contributed by atoms with Crippen molar-refractivity contribution in [2.45, 2.75) is 31.7 Å². The first kappa shape index (κ1) is 23.1. The highest BCUT2D eigenvalue weighted by molar-refractivity contribution is 5.82. The molecule has 0 spiro atoms. The van der Waals surface area contributed by atoms with E-state index < -0.39 is 5.97 Å². The molecule has 1 amide bonds. The summed E-state index contributed by atoms with van der Waals surface area (Å²) < 4.78 is 5.49. The predicted molar refractivity (Wildman–Crippen MR) is 132 cm³/mol. The molecule has 1 atom stereocenters. The van der Waals surface area contributed by atoms with E-state index in [0.29, 0.717) is 5.75 Å². The minimum Gasteiger partial charge on any atom is -0.482 e. The Labute approximate surface area is 199 Å². The first-order valence-electron chi connectivity index (χ1n) is 11.4. The van der Waals surface area contributed by atoms with E-state index in [0.717, 1.165) is 47.1 Å². The number of ether oxygens (including phenoxy) is 1. The zero-order valence-corrected chi connectivity index (χ0v) is 18.9. The molecule has 0 saturated heterocycles. The molecule has 2 aliphatic rings. The average Bonchev–Trinajstić information content (AvgIpc) is 3.14. The van der Waals surface area contributed by atoms with E-state index in [2.05, 4.69) is 10.6 Å². The molecule has 0 radical (unpaired) electrons. The molecule has 1 aliphatic carbocycles. The summed E-state index contributed by atoms with van der Waals surface area (Å²) >= 11 is 0. The number of carbonyl (C=O) groups excluding carboxylic acids is 1. The third-order valence-corrected chi connectivity index (χ3v) is 5.85. The van der Waals surface area contributed by atoms with E-state index in [4.69, 9.17) is 9.84 Å². The highest BCUT2D eigenvalue weighted by atomic mass is 16.5. The van der Waals surface area contributed by atoms with Crippen molar-refractivity contribution in [2.75, 3.05) is 6.61 Å². The minimum atomic E-state index is -1.00. The van der Waals surface area contributed by atoms with Crippen LogP contribution in [0.25, 0.3) is 5.57 Å². The van der Waals surface area contributed by atoms with Crippen molar-refractivity contribution in [1.82, 2.24) is 10.6 Å². The topological polar surface area (TPSA) is 87.7 Å². The quantitative estimate of drug-likeness (QED) is 0.537. The number of rotatable bonds is 8. The summed E-state index contributed by atoms with van der Waals surface area (Å²) in [5.41, 5.74) is 5.10. The fourth-order valence-corrected chi connectivity index (χ4v) is 4.29. The van der Waals surface area contributed by atoms with E-state index in [1.54, 1.807) is 6.07 Å². The van der Waals surface area contributed by atoms with Crippen LogP contribution < -0.4 is 15.4 Å². The molecule has 0 fully saturated rings. The number of fused-ring (bicyclic) bond motifs is 1. The van der Waals surface area contributed by atoms with Crippen molar-refractivity contribution in [3.8, 4) is 5.75 Å². The van der Waals surface area contributed by atoms with Crippen molar-refractivity contribution in [3.05, 3.63) is 107 Å². The van der Waals surface area contributed by atoms with Crippen molar-refractivity contribution in [2.24, 2.45) is 0 Å². The summed E-state index contributed by atoms with van der Waals surface area (Å²) in [7, 11) is 0. The molecule has 2 aromatic rings. The van der Waals surface area contributed by atoms with Crippen molar-refractivity contribution in [1.29, 1.82) is 0 Å². The maximum absolute atomic E-state index is 13.0. The van der Waals surface area contributed by atoms with Crippen molar-refractivity contribution in [3.63, 3.8) is 0 Å². The maximum Gasteiger partial charge on any atom is 0.341 e. The Balaban J connectivity index is 1.51. The highest BCUT2D eigenvalue weighted by Gasteiger charge is 2.20. The Morgan fingerprint density at radius 2 is 1.94 bits per heavy atom. The van der Waals surface area contributed by atoms with Crippen LogP contribution in [0.4, 0.5) is 0 Å². The van der Waals surface area contributed by atoms with Crippen LogP contribution in [0.5, 0.6) is 5.75 Å². The second-order valence-electron chi connectivity index (χ2n) is 8.19. The lowest BCUT2D eigenvalue weighted by atomic mass is 9.86. The number of hydrogen-bond acceptors (Lipinski definition) is 4. The minimum absolute atomic E-state index is 0.0711. The summed E-state index contributed by atoms with van der Waals surface area (Å²) in [4.78, 5) is 23.9. The summed E-state index contributed by atoms with van der Waals surface area (Å²) in [5.74, 6) is -0.469. The van der Waals surface area contributed by atoms with Crippen LogP contribution >= 0.6 is 0 Å². The molecule has 3 N–H and O–H groups in total. The number of aliphatic carboxylic acids is 1. The second-order valence-corrected chi connectivity index (χ2v) is 8.19. The van der Waals surface area contributed by atoms with Gasteiger partial charge in [0.1, 0.15) is 5.75 Å². The third-order valence-electron chi connectivity index (χ3n) is 5.85. The van der Waals surface area contributed by atoms with Crippen molar-refractivity contribution < 1.29 is 19.4 Å². The number of benzene rings is 2. The van der Waals surface area contributed by atoms with Gasteiger partial charge in [-0.1, -0.05) is 60.7 Å². The zero-order chi connectivity index (χ0) is 23.8. The summed E-state index contributed by atoms with van der Waals surface area (Å²) in [6.07, 6.45) is 14.4. The lowest BCUT2D eigenvalue weighted by Crippen LogP contribution is -2.29. The van der Waals surface area contributed by atoms with E-state index in [-0.39, 0.29) is 25.0 Å². The number of carboxylic acid groups (broad SMARTS) is 1. The molecule has 0 saturated carbocycles. The lowest BCUT2D eigenvalue weighted by molar-refractivity contribution is -0.139. The molecule has 34 heavy (non-hydrogen) atoms. The van der Waals surface area contributed by atoms with E-state index in [1.807, 2.05) is 79.2 Å². The monoisotopic (exact) mass is 456 g/mol. The van der Waals surface area contributed by atoms with Gasteiger partial charge in [0.2, 0.25) is 5.91 Å². The Morgan fingerprint density at radius 1 is 1.09 bits per heavy atom. The number of hydrogen-bond donors (Lipinski definition) is 3. The molecule has 6 nitrogen and oxygen atoms in total. The van der Waals surface area contributed by atoms with Gasteiger partial charge in [-0.2, -0.15) is 0 Å². The normalized spacial score (nSPS) is 16.6. The smallest absolute Gasteiger partial charge is 0.341 e. The summed E-state index contributed by atoms with van der Waals surface area (Å²) in [6.45, 7) is -0.368. The van der Waals surface area contributed by atoms with Gasteiger partial charge >= 0.3 is 5.97 Å². The molecule has 6 heteroatoms. The van der Waals surface area contributed by atoms with Crippen LogP contribution in [0, 0.1) is 0 Å². The third kappa shape index (κ3) is 5.84. The van der Waals surface area contributed by atoms with E-state index in [9.17, 15) is 9.59 Å². The van der Waals surface area contributed by atoms with E-state index >= 15 is 0 Å². The van der Waals surface area contributed by atoms with Crippen LogP contribution in [0.2, 0.25) is 0 Å². The maximum atomic E-state index is 13.0. The van der Waals surface area contributed by atoms with Gasteiger partial charge in [-0.15, -0.1) is 0 Å². The van der Waals surface area contributed by atoms with Gasteiger partial charge in [0.25, 0.3) is 0 Å². The molecule has 4 rings (SSSR count). The molecule has 1 heterocycles. The molecular weight excluding hydrogens is 428 g/mol. The Bertz CT molecular complexity index is 1160. The van der Waals surface area contributed by atoms with E-state index in [1.165, 1.54) is 0 Å². The number of amides is 1. The van der Waals surface area contributed by atoms with Crippen LogP contribution in [0.3, 0.4) is 0 Å². The predicted octanol–water partition coefficient (Wildman–Crippen LogP) is 4.67. The Morgan fingerprint density at radius 3 is 2.76 bits per heavy atom. The Hall–Kier alpha value is -4.06. The number of carbonyl (C=O) groups is 2. The molecule has 1 unspecified atom stereocenters. The summed E-state index contributed by atoms with van der Waals surface area (Å²) in [6, 6.07) is 15.3. The largest absolute Gasteiger partial charge is 0.482 e. The number of nitrogens with one attached hydrogen (secondary N) is 2. The van der Waals surface area contributed by atoms with Gasteiger partial charge < -0.3 is 20.5 Å². The number of allylic oxidation sites excluding steroid dienone is 3. The van der Waals surface area contributed by atoms with Crippen LogP contribution in [0.1, 0.15) is 42.0 Å². The van der Waals surface area contributed by atoms with Crippen LogP contribution in [0.15, 0.2) is 90.8 Å². The zero-order valence-electron chi connectivity index (χ0n) is 18.9. The van der Waals surface area contributed by atoms with Gasteiger partial charge in [0.05, 0.1) is 6.04 Å². The SMILES string of the molecule is O=C(O)COc1cccc2c1CCC/C2=C\CC(=O)NC(C1=CNC=CC=C1)c1ccccc1. The molecule has 174 valence electrons. The molecule has 1 aliphatic heterocycles. The fourth-order valence-electron chi connectivity index (χ4n) is 4.29. The average molecular weight is 457 g/mol. The fraction of sp³-hybridized carbons (Fsp3) is 0.214. The van der Waals surface area contributed by atoms with Gasteiger partial charge in [-0.25, -0.2) is 4.79 Å². The van der Waals surface area contributed by atoms with Crippen LogP contribution in [-0.4, -0.2) is 23.6 Å².